The minimum atomic E-state index is 0.156. The molecular formula is C16H27ClN2. The van der Waals surface area contributed by atoms with Crippen LogP contribution in [0.1, 0.15) is 39.7 Å². The van der Waals surface area contributed by atoms with Gasteiger partial charge >= 0.3 is 0 Å². The van der Waals surface area contributed by atoms with Gasteiger partial charge in [0.1, 0.15) is 0 Å². The molecule has 0 heterocycles. The van der Waals surface area contributed by atoms with Crippen LogP contribution >= 0.6 is 11.6 Å². The topological polar surface area (TPSA) is 29.3 Å². The third-order valence-electron chi connectivity index (χ3n) is 3.56. The van der Waals surface area contributed by atoms with Crippen LogP contribution in [0.2, 0.25) is 5.02 Å². The molecule has 1 aromatic rings. The van der Waals surface area contributed by atoms with Crippen molar-refractivity contribution in [2.24, 2.45) is 11.1 Å². The van der Waals surface area contributed by atoms with Crippen molar-refractivity contribution in [2.75, 3.05) is 7.05 Å². The van der Waals surface area contributed by atoms with Gasteiger partial charge in [-0.3, -0.25) is 4.90 Å². The molecule has 0 saturated carbocycles. The van der Waals surface area contributed by atoms with Crippen LogP contribution in [0.5, 0.6) is 0 Å². The third-order valence-corrected chi connectivity index (χ3v) is 3.80. The number of rotatable bonds is 5. The van der Waals surface area contributed by atoms with Crippen molar-refractivity contribution in [1.29, 1.82) is 0 Å². The Hall–Kier alpha value is -0.570. The van der Waals surface area contributed by atoms with E-state index in [-0.39, 0.29) is 11.5 Å². The molecule has 3 heteroatoms. The number of nitrogens with zero attached hydrogens (tertiary/aromatic N) is 1. The van der Waals surface area contributed by atoms with Crippen LogP contribution in [0.4, 0.5) is 0 Å². The Morgan fingerprint density at radius 1 is 1.32 bits per heavy atom. The number of nitrogens with two attached hydrogens (primary N) is 1. The summed E-state index contributed by atoms with van der Waals surface area (Å²) in [6, 6.07) is 8.57. The summed E-state index contributed by atoms with van der Waals surface area (Å²) in [6.07, 6.45) is 0.988. The van der Waals surface area contributed by atoms with E-state index in [1.54, 1.807) is 0 Å². The Balaban J connectivity index is 2.86. The average molecular weight is 283 g/mol. The molecule has 0 bridgehead atoms. The zero-order valence-corrected chi connectivity index (χ0v) is 13.5. The van der Waals surface area contributed by atoms with Gasteiger partial charge in [0.05, 0.1) is 0 Å². The molecule has 0 aliphatic carbocycles. The average Bonchev–Trinajstić information content (AvgIpc) is 2.26. The standard InChI is InChI=1S/C16H27ClN2/c1-6-14(18)15(16(2,3)4)19(5)11-12-8-7-9-13(17)10-12/h7-10,14-15H,6,11,18H2,1-5H3. The molecule has 0 aromatic heterocycles. The van der Waals surface area contributed by atoms with Gasteiger partial charge in [-0.2, -0.15) is 0 Å². The summed E-state index contributed by atoms with van der Waals surface area (Å²) in [6.45, 7) is 9.78. The Kier molecular flexibility index (Phi) is 5.84. The van der Waals surface area contributed by atoms with Crippen LogP contribution in [-0.4, -0.2) is 24.0 Å². The minimum Gasteiger partial charge on any atom is -0.326 e. The normalized spacial score (nSPS) is 15.6. The van der Waals surface area contributed by atoms with Crippen LogP contribution in [0.3, 0.4) is 0 Å². The highest BCUT2D eigenvalue weighted by molar-refractivity contribution is 6.30. The highest BCUT2D eigenvalue weighted by atomic mass is 35.5. The lowest BCUT2D eigenvalue weighted by molar-refractivity contribution is 0.0939. The van der Waals surface area contributed by atoms with Gasteiger partial charge in [0.2, 0.25) is 0 Å². The Labute approximate surface area is 122 Å². The second kappa shape index (κ2) is 6.74. The summed E-state index contributed by atoms with van der Waals surface area (Å²) in [5.74, 6) is 0. The van der Waals surface area contributed by atoms with Gasteiger partial charge in [-0.25, -0.2) is 0 Å². The second-order valence-electron chi connectivity index (χ2n) is 6.43. The number of hydrogen-bond acceptors (Lipinski definition) is 2. The van der Waals surface area contributed by atoms with Gasteiger partial charge in [-0.15, -0.1) is 0 Å². The minimum absolute atomic E-state index is 0.156. The molecule has 19 heavy (non-hydrogen) atoms. The van der Waals surface area contributed by atoms with Crippen molar-refractivity contribution in [2.45, 2.75) is 52.7 Å². The fraction of sp³-hybridized carbons (Fsp3) is 0.625. The van der Waals surface area contributed by atoms with Crippen molar-refractivity contribution in [3.05, 3.63) is 34.9 Å². The molecule has 2 unspecified atom stereocenters. The first kappa shape index (κ1) is 16.5. The van der Waals surface area contributed by atoms with E-state index in [1.807, 2.05) is 18.2 Å². The van der Waals surface area contributed by atoms with Crippen molar-refractivity contribution in [1.82, 2.24) is 4.90 Å². The van der Waals surface area contributed by atoms with Crippen LogP contribution in [0, 0.1) is 5.41 Å². The molecule has 0 spiro atoms. The van der Waals surface area contributed by atoms with Gasteiger partial charge in [-0.1, -0.05) is 51.4 Å². The highest BCUT2D eigenvalue weighted by Crippen LogP contribution is 2.28. The second-order valence-corrected chi connectivity index (χ2v) is 6.86. The SMILES string of the molecule is CCC(N)C(N(C)Cc1cccc(Cl)c1)C(C)(C)C. The molecule has 2 nitrogen and oxygen atoms in total. The van der Waals surface area contributed by atoms with E-state index in [0.717, 1.165) is 18.0 Å². The van der Waals surface area contributed by atoms with Crippen molar-refractivity contribution >= 4 is 11.6 Å². The lowest BCUT2D eigenvalue weighted by Crippen LogP contribution is -2.52. The van der Waals surface area contributed by atoms with E-state index in [2.05, 4.69) is 45.7 Å². The molecule has 108 valence electrons. The quantitative estimate of drug-likeness (QED) is 0.887. The molecular weight excluding hydrogens is 256 g/mol. The molecule has 2 N–H and O–H groups in total. The van der Waals surface area contributed by atoms with Crippen molar-refractivity contribution in [3.8, 4) is 0 Å². The summed E-state index contributed by atoms with van der Waals surface area (Å²) >= 11 is 6.04. The van der Waals surface area contributed by atoms with E-state index in [9.17, 15) is 0 Å². The van der Waals surface area contributed by atoms with Crippen molar-refractivity contribution in [3.63, 3.8) is 0 Å². The lowest BCUT2D eigenvalue weighted by Gasteiger charge is -2.41. The van der Waals surface area contributed by atoms with E-state index in [1.165, 1.54) is 5.56 Å². The Bertz CT molecular complexity index is 398. The maximum atomic E-state index is 6.32. The third kappa shape index (κ3) is 4.79. The van der Waals surface area contributed by atoms with Gasteiger partial charge in [0.25, 0.3) is 0 Å². The van der Waals surface area contributed by atoms with Gasteiger partial charge in [0, 0.05) is 23.7 Å². The summed E-state index contributed by atoms with van der Waals surface area (Å²) in [7, 11) is 2.15. The zero-order chi connectivity index (χ0) is 14.6. The Morgan fingerprint density at radius 2 is 1.95 bits per heavy atom. The van der Waals surface area contributed by atoms with Crippen LogP contribution in [-0.2, 0) is 6.54 Å². The molecule has 0 amide bonds. The predicted molar refractivity (Wildman–Crippen MR) is 84.4 cm³/mol. The number of benzene rings is 1. The lowest BCUT2D eigenvalue weighted by atomic mass is 9.80. The molecule has 0 radical (unpaired) electrons. The summed E-state index contributed by atoms with van der Waals surface area (Å²) < 4.78 is 0. The molecule has 0 saturated heterocycles. The first-order chi connectivity index (χ1) is 8.75. The first-order valence-corrected chi connectivity index (χ1v) is 7.33. The van der Waals surface area contributed by atoms with Crippen molar-refractivity contribution < 1.29 is 0 Å². The molecule has 2 atom stereocenters. The van der Waals surface area contributed by atoms with Gasteiger partial charge in [0.15, 0.2) is 0 Å². The molecule has 0 fully saturated rings. The molecule has 1 rings (SSSR count). The predicted octanol–water partition coefficient (Wildman–Crippen LogP) is 3.92. The highest BCUT2D eigenvalue weighted by Gasteiger charge is 2.32. The van der Waals surface area contributed by atoms with Crippen LogP contribution in [0.25, 0.3) is 0 Å². The molecule has 0 aliphatic heterocycles. The molecule has 1 aromatic carbocycles. The summed E-state index contributed by atoms with van der Waals surface area (Å²) in [5.41, 5.74) is 7.70. The number of halogens is 1. The van der Waals surface area contributed by atoms with E-state index in [0.29, 0.717) is 6.04 Å². The fourth-order valence-electron chi connectivity index (χ4n) is 2.88. The van der Waals surface area contributed by atoms with E-state index >= 15 is 0 Å². The summed E-state index contributed by atoms with van der Waals surface area (Å²) in [5, 5.41) is 0.790. The number of likely N-dealkylation sites (N-methyl/N-ethyl adjacent to an activating group) is 1. The van der Waals surface area contributed by atoms with Gasteiger partial charge in [-0.05, 0) is 36.6 Å². The van der Waals surface area contributed by atoms with Gasteiger partial charge < -0.3 is 5.73 Å². The Morgan fingerprint density at radius 3 is 2.42 bits per heavy atom. The first-order valence-electron chi connectivity index (χ1n) is 6.96. The van der Waals surface area contributed by atoms with E-state index in [4.69, 9.17) is 17.3 Å². The smallest absolute Gasteiger partial charge is 0.0409 e. The maximum Gasteiger partial charge on any atom is 0.0409 e. The number of hydrogen-bond donors (Lipinski definition) is 1. The fourth-order valence-corrected chi connectivity index (χ4v) is 3.09. The van der Waals surface area contributed by atoms with Crippen LogP contribution < -0.4 is 5.73 Å². The zero-order valence-electron chi connectivity index (χ0n) is 12.8. The summed E-state index contributed by atoms with van der Waals surface area (Å²) in [4.78, 5) is 2.35. The molecule has 0 aliphatic rings. The van der Waals surface area contributed by atoms with E-state index < -0.39 is 0 Å². The largest absolute Gasteiger partial charge is 0.326 e. The van der Waals surface area contributed by atoms with Crippen LogP contribution in [0.15, 0.2) is 24.3 Å². The maximum absolute atomic E-state index is 6.32. The monoisotopic (exact) mass is 282 g/mol.